The van der Waals surface area contributed by atoms with Gasteiger partial charge in [-0.05, 0) is 41.7 Å². The second kappa shape index (κ2) is 6.15. The van der Waals surface area contributed by atoms with Crippen molar-refractivity contribution in [1.82, 2.24) is 19.8 Å². The van der Waals surface area contributed by atoms with Gasteiger partial charge in [-0.15, -0.1) is 0 Å². The lowest BCUT2D eigenvalue weighted by molar-refractivity contribution is 0.245. The zero-order valence-corrected chi connectivity index (χ0v) is 12.8. The van der Waals surface area contributed by atoms with E-state index in [0.29, 0.717) is 0 Å². The molecule has 2 unspecified atom stereocenters. The Bertz CT molecular complexity index is 533. The summed E-state index contributed by atoms with van der Waals surface area (Å²) in [5, 5.41) is 0. The quantitative estimate of drug-likeness (QED) is 0.864. The SMILES string of the molecule is c1ccc(CN2CC3CN(Cc4ccncc4)CC3C2)nc1. The van der Waals surface area contributed by atoms with Crippen molar-refractivity contribution in [3.63, 3.8) is 0 Å². The van der Waals surface area contributed by atoms with E-state index in [0.717, 1.165) is 24.9 Å². The minimum absolute atomic E-state index is 0.825. The van der Waals surface area contributed by atoms with Gasteiger partial charge < -0.3 is 0 Å². The molecule has 0 amide bonds. The third-order valence-corrected chi connectivity index (χ3v) is 4.90. The highest BCUT2D eigenvalue weighted by Crippen LogP contribution is 2.32. The van der Waals surface area contributed by atoms with Crippen molar-refractivity contribution in [3.05, 3.63) is 60.2 Å². The molecule has 2 aromatic rings. The maximum Gasteiger partial charge on any atom is 0.0543 e. The molecule has 2 saturated heterocycles. The van der Waals surface area contributed by atoms with Gasteiger partial charge in [0.05, 0.1) is 5.69 Å². The van der Waals surface area contributed by atoms with Gasteiger partial charge in [0.2, 0.25) is 0 Å². The molecule has 0 radical (unpaired) electrons. The van der Waals surface area contributed by atoms with E-state index in [2.05, 4.69) is 44.0 Å². The first-order valence-corrected chi connectivity index (χ1v) is 8.10. The van der Waals surface area contributed by atoms with Gasteiger partial charge in [0.1, 0.15) is 0 Å². The van der Waals surface area contributed by atoms with E-state index in [1.165, 1.54) is 37.4 Å². The molecule has 2 aliphatic heterocycles. The van der Waals surface area contributed by atoms with Crippen LogP contribution in [0.3, 0.4) is 0 Å². The lowest BCUT2D eigenvalue weighted by atomic mass is 10.0. The Hall–Kier alpha value is -1.78. The summed E-state index contributed by atoms with van der Waals surface area (Å²) in [5.41, 5.74) is 2.57. The summed E-state index contributed by atoms with van der Waals surface area (Å²) < 4.78 is 0. The first-order valence-electron chi connectivity index (χ1n) is 8.10. The molecule has 0 saturated carbocycles. The molecule has 2 atom stereocenters. The molecule has 4 heterocycles. The predicted octanol–water partition coefficient (Wildman–Crippen LogP) is 2.04. The van der Waals surface area contributed by atoms with Gasteiger partial charge in [-0.2, -0.15) is 0 Å². The van der Waals surface area contributed by atoms with E-state index < -0.39 is 0 Å². The topological polar surface area (TPSA) is 32.3 Å². The average molecular weight is 294 g/mol. The molecule has 0 aliphatic carbocycles. The number of aromatic nitrogens is 2. The third kappa shape index (κ3) is 3.03. The van der Waals surface area contributed by atoms with Gasteiger partial charge in [-0.1, -0.05) is 6.07 Å². The summed E-state index contributed by atoms with van der Waals surface area (Å²) in [6.45, 7) is 6.95. The van der Waals surface area contributed by atoms with Gasteiger partial charge in [0, 0.05) is 57.9 Å². The van der Waals surface area contributed by atoms with Crippen LogP contribution in [0, 0.1) is 11.8 Å². The monoisotopic (exact) mass is 294 g/mol. The lowest BCUT2D eigenvalue weighted by Gasteiger charge is -2.21. The zero-order chi connectivity index (χ0) is 14.8. The Morgan fingerprint density at radius 3 is 2.14 bits per heavy atom. The van der Waals surface area contributed by atoms with Crippen LogP contribution in [0.15, 0.2) is 48.9 Å². The minimum atomic E-state index is 0.825. The van der Waals surface area contributed by atoms with Crippen LogP contribution in [0.1, 0.15) is 11.3 Å². The van der Waals surface area contributed by atoms with Crippen LogP contribution in [0.2, 0.25) is 0 Å². The van der Waals surface area contributed by atoms with E-state index in [1.807, 2.05) is 24.7 Å². The molecule has 0 N–H and O–H groups in total. The normalized spacial score (nSPS) is 25.5. The number of likely N-dealkylation sites (tertiary alicyclic amines) is 2. The summed E-state index contributed by atoms with van der Waals surface area (Å²) in [4.78, 5) is 13.7. The molecule has 2 fully saturated rings. The third-order valence-electron chi connectivity index (χ3n) is 4.90. The predicted molar refractivity (Wildman–Crippen MR) is 86.0 cm³/mol. The van der Waals surface area contributed by atoms with Crippen molar-refractivity contribution in [1.29, 1.82) is 0 Å². The fourth-order valence-corrected chi connectivity index (χ4v) is 3.91. The van der Waals surface area contributed by atoms with Gasteiger partial charge >= 0.3 is 0 Å². The Balaban J connectivity index is 1.31. The summed E-state index contributed by atoms with van der Waals surface area (Å²) in [6, 6.07) is 10.4. The number of nitrogens with zero attached hydrogens (tertiary/aromatic N) is 4. The molecule has 4 rings (SSSR count). The average Bonchev–Trinajstić information content (AvgIpc) is 3.07. The largest absolute Gasteiger partial charge is 0.298 e. The molecule has 2 aliphatic rings. The molecule has 114 valence electrons. The second-order valence-corrected chi connectivity index (χ2v) is 6.58. The fourth-order valence-electron chi connectivity index (χ4n) is 3.91. The van der Waals surface area contributed by atoms with E-state index >= 15 is 0 Å². The molecule has 4 nitrogen and oxygen atoms in total. The highest BCUT2D eigenvalue weighted by Gasteiger charge is 2.39. The summed E-state index contributed by atoms with van der Waals surface area (Å²) in [5.74, 6) is 1.65. The summed E-state index contributed by atoms with van der Waals surface area (Å²) >= 11 is 0. The first-order chi connectivity index (χ1) is 10.9. The van der Waals surface area contributed by atoms with Crippen molar-refractivity contribution in [2.45, 2.75) is 13.1 Å². The molecular weight excluding hydrogens is 272 g/mol. The van der Waals surface area contributed by atoms with Crippen molar-refractivity contribution in [3.8, 4) is 0 Å². The zero-order valence-electron chi connectivity index (χ0n) is 12.8. The van der Waals surface area contributed by atoms with Crippen molar-refractivity contribution >= 4 is 0 Å². The second-order valence-electron chi connectivity index (χ2n) is 6.58. The van der Waals surface area contributed by atoms with Gasteiger partial charge in [0.25, 0.3) is 0 Å². The highest BCUT2D eigenvalue weighted by atomic mass is 15.2. The van der Waals surface area contributed by atoms with Crippen LogP contribution in [-0.4, -0.2) is 45.9 Å². The van der Waals surface area contributed by atoms with Gasteiger partial charge in [-0.25, -0.2) is 0 Å². The first kappa shape index (κ1) is 13.9. The van der Waals surface area contributed by atoms with Crippen LogP contribution in [0.4, 0.5) is 0 Å². The standard InChI is InChI=1S/C18H22N4/c1-2-6-20-18(3-1)14-22-12-16-10-21(11-17(16)13-22)9-15-4-7-19-8-5-15/h1-8,16-17H,9-14H2. The summed E-state index contributed by atoms with van der Waals surface area (Å²) in [7, 11) is 0. The van der Waals surface area contributed by atoms with Crippen LogP contribution < -0.4 is 0 Å². The number of pyridine rings is 2. The molecule has 0 bridgehead atoms. The van der Waals surface area contributed by atoms with Gasteiger partial charge in [-0.3, -0.25) is 19.8 Å². The summed E-state index contributed by atoms with van der Waals surface area (Å²) in [6.07, 6.45) is 5.67. The molecule has 22 heavy (non-hydrogen) atoms. The maximum atomic E-state index is 4.45. The Labute approximate surface area is 131 Å². The van der Waals surface area contributed by atoms with Crippen LogP contribution >= 0.6 is 0 Å². The molecular formula is C18H22N4. The van der Waals surface area contributed by atoms with E-state index in [1.54, 1.807) is 0 Å². The number of fused-ring (bicyclic) bond motifs is 1. The molecule has 0 spiro atoms. The molecule has 2 aromatic heterocycles. The smallest absolute Gasteiger partial charge is 0.0543 e. The maximum absolute atomic E-state index is 4.45. The highest BCUT2D eigenvalue weighted by molar-refractivity contribution is 5.10. The Kier molecular flexibility index (Phi) is 3.87. The van der Waals surface area contributed by atoms with Crippen LogP contribution in [-0.2, 0) is 13.1 Å². The number of hydrogen-bond acceptors (Lipinski definition) is 4. The molecule has 4 heteroatoms. The Morgan fingerprint density at radius 1 is 0.818 bits per heavy atom. The van der Waals surface area contributed by atoms with Crippen LogP contribution in [0.25, 0.3) is 0 Å². The Morgan fingerprint density at radius 2 is 1.50 bits per heavy atom. The fraction of sp³-hybridized carbons (Fsp3) is 0.444. The molecule has 0 aromatic carbocycles. The van der Waals surface area contributed by atoms with Crippen molar-refractivity contribution < 1.29 is 0 Å². The van der Waals surface area contributed by atoms with E-state index in [-0.39, 0.29) is 0 Å². The number of hydrogen-bond donors (Lipinski definition) is 0. The lowest BCUT2D eigenvalue weighted by Crippen LogP contribution is -2.28. The van der Waals surface area contributed by atoms with Crippen molar-refractivity contribution in [2.75, 3.05) is 26.2 Å². The van der Waals surface area contributed by atoms with Gasteiger partial charge in [0.15, 0.2) is 0 Å². The van der Waals surface area contributed by atoms with E-state index in [9.17, 15) is 0 Å². The van der Waals surface area contributed by atoms with Crippen molar-refractivity contribution in [2.24, 2.45) is 11.8 Å². The van der Waals surface area contributed by atoms with Crippen LogP contribution in [0.5, 0.6) is 0 Å². The number of rotatable bonds is 4. The van der Waals surface area contributed by atoms with E-state index in [4.69, 9.17) is 0 Å². The minimum Gasteiger partial charge on any atom is -0.298 e.